The van der Waals surface area contributed by atoms with Crippen LogP contribution in [0.2, 0.25) is 0 Å². The van der Waals surface area contributed by atoms with E-state index in [4.69, 9.17) is 0 Å². The first-order valence-corrected chi connectivity index (χ1v) is 6.85. The molecule has 0 fully saturated rings. The fourth-order valence-corrected chi connectivity index (χ4v) is 3.20. The summed E-state index contributed by atoms with van der Waals surface area (Å²) in [6.07, 6.45) is 0. The smallest absolute Gasteiger partial charge is 0.101 e. The monoisotopic (exact) mass is 266 g/mol. The average Bonchev–Trinajstić information content (AvgIpc) is 2.50. The largest absolute Gasteiger partial charge is 0.370 e. The van der Waals surface area contributed by atoms with E-state index in [1.54, 1.807) is 0 Å². The normalized spacial score (nSPS) is 14.9. The number of hydrogen-bond acceptors (Lipinski definition) is 2. The Labute approximate surface area is 117 Å². The maximum atomic E-state index is 14.4. The van der Waals surface area contributed by atoms with Gasteiger partial charge < -0.3 is 4.90 Å². The Bertz CT molecular complexity index is 744. The minimum atomic E-state index is 0.409. The molecule has 3 heteroatoms. The molecule has 0 aromatic heterocycles. The van der Waals surface area contributed by atoms with Gasteiger partial charge >= 0.3 is 0 Å². The van der Waals surface area contributed by atoms with E-state index >= 15 is 0 Å². The third-order valence-corrected chi connectivity index (χ3v) is 4.13. The van der Waals surface area contributed by atoms with Crippen LogP contribution in [0.1, 0.15) is 0 Å². The summed E-state index contributed by atoms with van der Waals surface area (Å²) in [4.78, 5) is 2.15. The number of nitrogens with zero attached hydrogens (tertiary/aromatic N) is 2. The van der Waals surface area contributed by atoms with Gasteiger partial charge in [-0.25, -0.2) is 5.12 Å². The number of fused-ring (bicyclic) bond motifs is 6. The van der Waals surface area contributed by atoms with E-state index in [9.17, 15) is 4.48 Å². The number of benzene rings is 3. The van der Waals surface area contributed by atoms with E-state index in [0.717, 1.165) is 27.0 Å². The van der Waals surface area contributed by atoms with Crippen LogP contribution >= 0.6 is 0 Å². The van der Waals surface area contributed by atoms with Crippen molar-refractivity contribution in [1.29, 1.82) is 0 Å². The van der Waals surface area contributed by atoms with E-state index in [2.05, 4.69) is 23.1 Å². The van der Waals surface area contributed by atoms with Crippen LogP contribution in [0.15, 0.2) is 48.5 Å². The maximum absolute atomic E-state index is 14.4. The number of halogens is 1. The van der Waals surface area contributed by atoms with Gasteiger partial charge in [0.25, 0.3) is 0 Å². The SMILES string of the molecule is CN1CCN(F)c2c1c1ccccc1c1ccccc21. The molecular formula is C17H15FN2. The summed E-state index contributed by atoms with van der Waals surface area (Å²) in [5, 5.41) is 5.29. The third kappa shape index (κ3) is 1.43. The highest BCUT2D eigenvalue weighted by Crippen LogP contribution is 2.45. The molecule has 0 atom stereocenters. The highest BCUT2D eigenvalue weighted by Gasteiger charge is 2.25. The predicted octanol–water partition coefficient (Wildman–Crippen LogP) is 4.13. The van der Waals surface area contributed by atoms with Crippen molar-refractivity contribution in [3.8, 4) is 0 Å². The van der Waals surface area contributed by atoms with E-state index in [1.807, 2.05) is 37.4 Å². The molecule has 0 amide bonds. The molecular weight excluding hydrogens is 251 g/mol. The van der Waals surface area contributed by atoms with Crippen LogP contribution in [0.4, 0.5) is 15.9 Å². The van der Waals surface area contributed by atoms with Crippen LogP contribution in [0, 0.1) is 0 Å². The number of hydrogen-bond donors (Lipinski definition) is 0. The summed E-state index contributed by atoms with van der Waals surface area (Å²) in [5.74, 6) is 0. The Kier molecular flexibility index (Phi) is 2.36. The van der Waals surface area contributed by atoms with Crippen molar-refractivity contribution in [2.75, 3.05) is 30.2 Å². The zero-order valence-electron chi connectivity index (χ0n) is 11.3. The third-order valence-electron chi connectivity index (χ3n) is 4.13. The molecule has 1 heterocycles. The molecule has 0 unspecified atom stereocenters. The second-order valence-corrected chi connectivity index (χ2v) is 5.30. The Hall–Kier alpha value is -2.29. The van der Waals surface area contributed by atoms with Gasteiger partial charge in [0, 0.05) is 24.4 Å². The molecule has 2 nitrogen and oxygen atoms in total. The molecule has 0 aliphatic carbocycles. The van der Waals surface area contributed by atoms with Gasteiger partial charge in [-0.2, -0.15) is 0 Å². The van der Waals surface area contributed by atoms with Crippen molar-refractivity contribution in [3.05, 3.63) is 48.5 Å². The van der Waals surface area contributed by atoms with Gasteiger partial charge in [-0.15, -0.1) is 0 Å². The standard InChI is InChI=1S/C17H15FN2/c1-19-10-11-20(18)17-15-9-5-3-7-13(15)12-6-2-4-8-14(12)16(17)19/h2-9H,10-11H2,1H3. The second kappa shape index (κ2) is 4.10. The Balaban J connectivity index is 2.28. The topological polar surface area (TPSA) is 6.48 Å². The van der Waals surface area contributed by atoms with Gasteiger partial charge in [0.1, 0.15) is 5.69 Å². The van der Waals surface area contributed by atoms with Gasteiger partial charge in [0.05, 0.1) is 12.2 Å². The van der Waals surface area contributed by atoms with Gasteiger partial charge in [-0.1, -0.05) is 53.0 Å². The van der Waals surface area contributed by atoms with Crippen molar-refractivity contribution in [2.45, 2.75) is 0 Å². The number of likely N-dealkylation sites (N-methyl/N-ethyl adjacent to an activating group) is 1. The summed E-state index contributed by atoms with van der Waals surface area (Å²) in [5.41, 5.74) is 1.70. The van der Waals surface area contributed by atoms with E-state index in [0.29, 0.717) is 18.8 Å². The van der Waals surface area contributed by atoms with E-state index in [-0.39, 0.29) is 0 Å². The van der Waals surface area contributed by atoms with Crippen molar-refractivity contribution in [3.63, 3.8) is 0 Å². The van der Waals surface area contributed by atoms with Crippen LogP contribution in [0.3, 0.4) is 0 Å². The van der Waals surface area contributed by atoms with E-state index in [1.165, 1.54) is 5.39 Å². The Morgan fingerprint density at radius 3 is 1.85 bits per heavy atom. The minimum Gasteiger partial charge on any atom is -0.370 e. The first-order chi connectivity index (χ1) is 9.77. The lowest BCUT2D eigenvalue weighted by atomic mass is 9.96. The number of rotatable bonds is 0. The molecule has 3 aromatic carbocycles. The molecule has 0 saturated heterocycles. The van der Waals surface area contributed by atoms with Crippen molar-refractivity contribution < 1.29 is 4.48 Å². The van der Waals surface area contributed by atoms with Gasteiger partial charge in [-0.05, 0) is 10.8 Å². The summed E-state index contributed by atoms with van der Waals surface area (Å²) < 4.78 is 14.4. The van der Waals surface area contributed by atoms with E-state index < -0.39 is 0 Å². The molecule has 0 bridgehead atoms. The van der Waals surface area contributed by atoms with Crippen LogP contribution in [0.5, 0.6) is 0 Å². The molecule has 0 radical (unpaired) electrons. The fourth-order valence-electron chi connectivity index (χ4n) is 3.20. The van der Waals surface area contributed by atoms with Gasteiger partial charge in [-0.3, -0.25) is 0 Å². The molecule has 1 aliphatic heterocycles. The Morgan fingerprint density at radius 1 is 0.750 bits per heavy atom. The summed E-state index contributed by atoms with van der Waals surface area (Å²) in [6, 6.07) is 16.3. The van der Waals surface area contributed by atoms with Crippen LogP contribution < -0.4 is 10.0 Å². The quantitative estimate of drug-likeness (QED) is 0.446. The van der Waals surface area contributed by atoms with Crippen LogP contribution in [-0.2, 0) is 0 Å². The molecule has 0 spiro atoms. The molecule has 0 saturated carbocycles. The molecule has 20 heavy (non-hydrogen) atoms. The highest BCUT2D eigenvalue weighted by molar-refractivity contribution is 6.20. The van der Waals surface area contributed by atoms with Crippen molar-refractivity contribution in [1.82, 2.24) is 0 Å². The summed E-state index contributed by atoms with van der Waals surface area (Å²) in [6.45, 7) is 1.11. The van der Waals surface area contributed by atoms with Gasteiger partial charge in [0.15, 0.2) is 0 Å². The lowest BCUT2D eigenvalue weighted by Crippen LogP contribution is -2.35. The number of anilines is 2. The molecule has 4 rings (SSSR count). The minimum absolute atomic E-state index is 0.409. The molecule has 1 aliphatic rings. The fraction of sp³-hybridized carbons (Fsp3) is 0.176. The first-order valence-electron chi connectivity index (χ1n) is 6.85. The summed E-state index contributed by atoms with van der Waals surface area (Å²) in [7, 11) is 2.03. The van der Waals surface area contributed by atoms with Crippen molar-refractivity contribution in [2.24, 2.45) is 0 Å². The Morgan fingerprint density at radius 2 is 1.25 bits per heavy atom. The van der Waals surface area contributed by atoms with Crippen LogP contribution in [-0.4, -0.2) is 20.1 Å². The maximum Gasteiger partial charge on any atom is 0.101 e. The lowest BCUT2D eigenvalue weighted by molar-refractivity contribution is 0.430. The highest BCUT2D eigenvalue weighted by atomic mass is 19.2. The second-order valence-electron chi connectivity index (χ2n) is 5.30. The first kappa shape index (κ1) is 11.5. The zero-order valence-corrected chi connectivity index (χ0v) is 11.3. The molecule has 100 valence electrons. The van der Waals surface area contributed by atoms with Crippen LogP contribution in [0.25, 0.3) is 21.5 Å². The average molecular weight is 266 g/mol. The zero-order chi connectivity index (χ0) is 13.7. The van der Waals surface area contributed by atoms with Gasteiger partial charge in [0.2, 0.25) is 0 Å². The van der Waals surface area contributed by atoms with Crippen molar-refractivity contribution >= 4 is 32.9 Å². The molecule has 0 N–H and O–H groups in total. The molecule has 3 aromatic rings. The predicted molar refractivity (Wildman–Crippen MR) is 83.2 cm³/mol. The summed E-state index contributed by atoms with van der Waals surface area (Å²) >= 11 is 0. The lowest BCUT2D eigenvalue weighted by Gasteiger charge is -2.34.